The number of pyridine rings is 1. The van der Waals surface area contributed by atoms with Gasteiger partial charge in [0.25, 0.3) is 5.91 Å². The Kier molecular flexibility index (Phi) is 3.83. The first-order chi connectivity index (χ1) is 9.69. The van der Waals surface area contributed by atoms with E-state index in [0.717, 1.165) is 25.9 Å². The van der Waals surface area contributed by atoms with Crippen molar-refractivity contribution in [3.8, 4) is 0 Å². The molecule has 1 aromatic heterocycles. The van der Waals surface area contributed by atoms with Gasteiger partial charge in [0.2, 0.25) is 0 Å². The summed E-state index contributed by atoms with van der Waals surface area (Å²) in [6.07, 6.45) is 6.42. The van der Waals surface area contributed by atoms with Gasteiger partial charge < -0.3 is 10.2 Å². The summed E-state index contributed by atoms with van der Waals surface area (Å²) in [6, 6.07) is 2.17. The van der Waals surface area contributed by atoms with Crippen molar-refractivity contribution >= 4 is 23.3 Å². The van der Waals surface area contributed by atoms with E-state index in [0.29, 0.717) is 28.4 Å². The number of aromatic nitrogens is 1. The molecule has 0 aromatic carbocycles. The molecule has 0 spiro atoms. The van der Waals surface area contributed by atoms with Gasteiger partial charge in [-0.05, 0) is 44.6 Å². The van der Waals surface area contributed by atoms with Crippen LogP contribution in [0.4, 0.5) is 5.82 Å². The number of halogens is 1. The smallest absolute Gasteiger partial charge is 0.255 e. The second kappa shape index (κ2) is 5.60. The summed E-state index contributed by atoms with van der Waals surface area (Å²) in [5.74, 6) is 1.44. The second-order valence-electron chi connectivity index (χ2n) is 5.72. The minimum Gasteiger partial charge on any atom is -0.369 e. The standard InChI is InChI=1S/C15H20ClN3O/c1-2-17-14-13(16)7-11(8-18-14)15(20)19(12-5-6-12)9-10-3-4-10/h7-8,10,12H,2-6,9H2,1H3,(H,17,18). The Hall–Kier alpha value is -1.29. The van der Waals surface area contributed by atoms with Crippen LogP contribution in [0.25, 0.3) is 0 Å². The fourth-order valence-corrected chi connectivity index (χ4v) is 2.61. The average molecular weight is 294 g/mol. The molecule has 2 aliphatic rings. The first-order valence-electron chi connectivity index (χ1n) is 7.39. The average Bonchev–Trinajstić information content (AvgIpc) is 3.30. The van der Waals surface area contributed by atoms with Gasteiger partial charge in [-0.3, -0.25) is 4.79 Å². The summed E-state index contributed by atoms with van der Waals surface area (Å²) in [6.45, 7) is 3.65. The van der Waals surface area contributed by atoms with Crippen molar-refractivity contribution in [2.45, 2.75) is 38.6 Å². The molecule has 2 fully saturated rings. The third kappa shape index (κ3) is 3.06. The van der Waals surface area contributed by atoms with Crippen LogP contribution < -0.4 is 5.32 Å². The van der Waals surface area contributed by atoms with Crippen LogP contribution in [-0.2, 0) is 0 Å². The number of hydrogen-bond donors (Lipinski definition) is 1. The van der Waals surface area contributed by atoms with Crippen molar-refractivity contribution in [3.05, 3.63) is 22.8 Å². The van der Waals surface area contributed by atoms with Crippen LogP contribution in [0, 0.1) is 5.92 Å². The Labute approximate surface area is 124 Å². The molecule has 3 rings (SSSR count). The zero-order chi connectivity index (χ0) is 14.1. The fourth-order valence-electron chi connectivity index (χ4n) is 2.38. The maximum atomic E-state index is 12.6. The van der Waals surface area contributed by atoms with E-state index in [1.54, 1.807) is 12.3 Å². The Bertz CT molecular complexity index is 512. The zero-order valence-electron chi connectivity index (χ0n) is 11.7. The van der Waals surface area contributed by atoms with Crippen LogP contribution >= 0.6 is 11.6 Å². The summed E-state index contributed by atoms with van der Waals surface area (Å²) >= 11 is 6.17. The molecular formula is C15H20ClN3O. The molecule has 1 N–H and O–H groups in total. The predicted molar refractivity (Wildman–Crippen MR) is 80.2 cm³/mol. The van der Waals surface area contributed by atoms with Gasteiger partial charge in [0.15, 0.2) is 0 Å². The minimum atomic E-state index is 0.0804. The molecule has 4 nitrogen and oxygen atoms in total. The van der Waals surface area contributed by atoms with E-state index >= 15 is 0 Å². The van der Waals surface area contributed by atoms with E-state index in [1.807, 2.05) is 11.8 Å². The van der Waals surface area contributed by atoms with Gasteiger partial charge in [-0.25, -0.2) is 4.98 Å². The number of carbonyl (C=O) groups excluding carboxylic acids is 1. The van der Waals surface area contributed by atoms with E-state index in [-0.39, 0.29) is 5.91 Å². The first-order valence-corrected chi connectivity index (χ1v) is 7.77. The summed E-state index contributed by atoms with van der Waals surface area (Å²) in [5, 5.41) is 3.59. The van der Waals surface area contributed by atoms with Crippen LogP contribution in [0.2, 0.25) is 5.02 Å². The van der Waals surface area contributed by atoms with Gasteiger partial charge in [-0.15, -0.1) is 0 Å². The largest absolute Gasteiger partial charge is 0.369 e. The topological polar surface area (TPSA) is 45.2 Å². The van der Waals surface area contributed by atoms with Crippen LogP contribution in [0.1, 0.15) is 43.0 Å². The Balaban J connectivity index is 1.75. The molecule has 0 saturated heterocycles. The molecule has 20 heavy (non-hydrogen) atoms. The number of carbonyl (C=O) groups is 1. The molecule has 1 aromatic rings. The summed E-state index contributed by atoms with van der Waals surface area (Å²) in [4.78, 5) is 18.9. The van der Waals surface area contributed by atoms with Crippen molar-refractivity contribution < 1.29 is 4.79 Å². The van der Waals surface area contributed by atoms with E-state index in [9.17, 15) is 4.79 Å². The molecule has 108 valence electrons. The molecule has 0 bridgehead atoms. The lowest BCUT2D eigenvalue weighted by atomic mass is 10.2. The minimum absolute atomic E-state index is 0.0804. The van der Waals surface area contributed by atoms with E-state index < -0.39 is 0 Å². The summed E-state index contributed by atoms with van der Waals surface area (Å²) < 4.78 is 0. The molecule has 0 aliphatic heterocycles. The number of rotatable bonds is 6. The van der Waals surface area contributed by atoms with Gasteiger partial charge in [0.05, 0.1) is 10.6 Å². The molecule has 1 amide bonds. The lowest BCUT2D eigenvalue weighted by Gasteiger charge is -2.22. The molecular weight excluding hydrogens is 274 g/mol. The molecule has 0 radical (unpaired) electrons. The zero-order valence-corrected chi connectivity index (χ0v) is 12.5. The highest BCUT2D eigenvalue weighted by molar-refractivity contribution is 6.33. The van der Waals surface area contributed by atoms with E-state index in [4.69, 9.17) is 11.6 Å². The molecule has 1 heterocycles. The highest BCUT2D eigenvalue weighted by Gasteiger charge is 2.37. The monoisotopic (exact) mass is 293 g/mol. The number of anilines is 1. The van der Waals surface area contributed by atoms with Gasteiger partial charge >= 0.3 is 0 Å². The molecule has 2 aliphatic carbocycles. The summed E-state index contributed by atoms with van der Waals surface area (Å²) in [7, 11) is 0. The van der Waals surface area contributed by atoms with Crippen molar-refractivity contribution in [3.63, 3.8) is 0 Å². The molecule has 2 saturated carbocycles. The Morgan fingerprint density at radius 1 is 1.45 bits per heavy atom. The fraction of sp³-hybridized carbons (Fsp3) is 0.600. The van der Waals surface area contributed by atoms with Crippen molar-refractivity contribution in [2.24, 2.45) is 5.92 Å². The second-order valence-corrected chi connectivity index (χ2v) is 6.12. The van der Waals surface area contributed by atoms with Crippen molar-refractivity contribution in [1.82, 2.24) is 9.88 Å². The summed E-state index contributed by atoms with van der Waals surface area (Å²) in [5.41, 5.74) is 0.601. The first kappa shape index (κ1) is 13.7. The lowest BCUT2D eigenvalue weighted by molar-refractivity contribution is 0.0734. The number of nitrogens with one attached hydrogen (secondary N) is 1. The number of hydrogen-bond acceptors (Lipinski definition) is 3. The SMILES string of the molecule is CCNc1ncc(C(=O)N(CC2CC2)C2CC2)cc1Cl. The van der Waals surface area contributed by atoms with Gasteiger partial charge in [-0.1, -0.05) is 11.6 Å². The maximum absolute atomic E-state index is 12.6. The quantitative estimate of drug-likeness (QED) is 0.876. The maximum Gasteiger partial charge on any atom is 0.255 e. The van der Waals surface area contributed by atoms with Crippen LogP contribution in [0.3, 0.4) is 0 Å². The Morgan fingerprint density at radius 2 is 2.20 bits per heavy atom. The number of nitrogens with zero attached hydrogens (tertiary/aromatic N) is 2. The lowest BCUT2D eigenvalue weighted by Crippen LogP contribution is -2.35. The van der Waals surface area contributed by atoms with E-state index in [1.165, 1.54) is 12.8 Å². The highest BCUT2D eigenvalue weighted by atomic mass is 35.5. The molecule has 5 heteroatoms. The van der Waals surface area contributed by atoms with Crippen LogP contribution in [-0.4, -0.2) is 34.9 Å². The van der Waals surface area contributed by atoms with Crippen molar-refractivity contribution in [1.29, 1.82) is 0 Å². The third-order valence-corrected chi connectivity index (χ3v) is 4.12. The van der Waals surface area contributed by atoms with E-state index in [2.05, 4.69) is 10.3 Å². The predicted octanol–water partition coefficient (Wildman–Crippen LogP) is 3.18. The normalized spacial score (nSPS) is 17.9. The number of amides is 1. The Morgan fingerprint density at radius 3 is 2.75 bits per heavy atom. The molecule has 0 unspecified atom stereocenters. The third-order valence-electron chi connectivity index (χ3n) is 3.83. The molecule has 0 atom stereocenters. The van der Waals surface area contributed by atoms with Gasteiger partial charge in [0.1, 0.15) is 5.82 Å². The highest BCUT2D eigenvalue weighted by Crippen LogP contribution is 2.35. The van der Waals surface area contributed by atoms with Crippen molar-refractivity contribution in [2.75, 3.05) is 18.4 Å². The van der Waals surface area contributed by atoms with Gasteiger partial charge in [-0.2, -0.15) is 0 Å². The van der Waals surface area contributed by atoms with Gasteiger partial charge in [0, 0.05) is 25.3 Å². The van der Waals surface area contributed by atoms with Crippen LogP contribution in [0.5, 0.6) is 0 Å². The van der Waals surface area contributed by atoms with Crippen LogP contribution in [0.15, 0.2) is 12.3 Å².